The summed E-state index contributed by atoms with van der Waals surface area (Å²) in [6, 6.07) is 38.0. The first kappa shape index (κ1) is 26.1. The van der Waals surface area contributed by atoms with Crippen molar-refractivity contribution in [2.24, 2.45) is 0 Å². The zero-order valence-corrected chi connectivity index (χ0v) is 25.8. The Morgan fingerprint density at radius 3 is 1.84 bits per heavy atom. The summed E-state index contributed by atoms with van der Waals surface area (Å²) in [7, 11) is 0. The molecule has 1 atom stereocenters. The minimum absolute atomic E-state index is 0. The van der Waals surface area contributed by atoms with Crippen LogP contribution in [0.5, 0.6) is 0 Å². The van der Waals surface area contributed by atoms with Crippen molar-refractivity contribution in [2.45, 2.75) is 45.1 Å². The van der Waals surface area contributed by atoms with Gasteiger partial charge in [0.2, 0.25) is 0 Å². The maximum atomic E-state index is 3.45. The van der Waals surface area contributed by atoms with Crippen LogP contribution in [0, 0.1) is 47.4 Å². The molecule has 2 nitrogen and oxygen atoms in total. The second-order valence-electron chi connectivity index (χ2n) is 10.5. The Morgan fingerprint density at radius 1 is 0.730 bits per heavy atom. The summed E-state index contributed by atoms with van der Waals surface area (Å²) in [6.45, 7) is 9.50. The fourth-order valence-electron chi connectivity index (χ4n) is 6.08. The van der Waals surface area contributed by atoms with E-state index < -0.39 is 0 Å². The Balaban J connectivity index is 0.00000280. The first-order valence-electron chi connectivity index (χ1n) is 12.9. The number of imidazole rings is 1. The van der Waals surface area contributed by atoms with Gasteiger partial charge in [-0.25, -0.2) is 9.13 Å². The summed E-state index contributed by atoms with van der Waals surface area (Å²) >= 11 is 0. The van der Waals surface area contributed by atoms with E-state index in [0.29, 0.717) is 0 Å². The summed E-state index contributed by atoms with van der Waals surface area (Å²) in [5, 5.41) is 0. The van der Waals surface area contributed by atoms with Crippen molar-refractivity contribution in [2.75, 3.05) is 0 Å². The van der Waals surface area contributed by atoms with Crippen molar-refractivity contribution < 1.29 is 45.9 Å². The smallest absolute Gasteiger partial charge is 0.224 e. The van der Waals surface area contributed by atoms with E-state index >= 15 is 0 Å². The van der Waals surface area contributed by atoms with Gasteiger partial charge in [0.15, 0.2) is 0 Å². The molecule has 6 rings (SSSR count). The molecule has 0 saturated carbocycles. The molecule has 4 aromatic carbocycles. The molecule has 2 heterocycles. The summed E-state index contributed by atoms with van der Waals surface area (Å²) in [5.74, 6) is 1.22. The number of aromatic nitrogens is 2. The molecule has 1 aromatic heterocycles. The Morgan fingerprint density at radius 2 is 1.27 bits per heavy atom. The topological polar surface area (TPSA) is 8.81 Å². The predicted octanol–water partition coefficient (Wildman–Crippen LogP) is 7.98. The SMILES string of the molecule is CCC1(C)c2ccccc2-c2n(-c3c(-c4ccccc4)c[c-]cc3-c3ccccc3)cc[n+]2C1(C)C.[Pr]. The first-order chi connectivity index (χ1) is 17.5. The van der Waals surface area contributed by atoms with Crippen LogP contribution < -0.4 is 4.57 Å². The Bertz CT molecular complexity index is 1490. The molecule has 5 aromatic rings. The Kier molecular flexibility index (Phi) is 7.03. The molecule has 1 aliphatic rings. The molecule has 0 bridgehead atoms. The molecule has 0 fully saturated rings. The Hall–Kier alpha value is -2.55. The number of nitrogens with zero attached hydrogens (tertiary/aromatic N) is 2. The van der Waals surface area contributed by atoms with Gasteiger partial charge in [-0.3, -0.25) is 0 Å². The molecular weight excluding hydrogens is 577 g/mol. The van der Waals surface area contributed by atoms with Crippen LogP contribution in [0.1, 0.15) is 39.7 Å². The van der Waals surface area contributed by atoms with Crippen LogP contribution in [0.25, 0.3) is 39.3 Å². The van der Waals surface area contributed by atoms with Crippen LogP contribution in [0.15, 0.2) is 109 Å². The third-order valence-corrected chi connectivity index (χ3v) is 8.62. The second kappa shape index (κ2) is 9.97. The fourth-order valence-corrected chi connectivity index (χ4v) is 6.08. The van der Waals surface area contributed by atoms with Crippen LogP contribution in [0.4, 0.5) is 0 Å². The van der Waals surface area contributed by atoms with E-state index in [1.807, 2.05) is 0 Å². The van der Waals surface area contributed by atoms with Gasteiger partial charge in [-0.2, -0.15) is 18.2 Å². The molecule has 37 heavy (non-hydrogen) atoms. The average Bonchev–Trinajstić information content (AvgIpc) is 3.38. The van der Waals surface area contributed by atoms with E-state index in [4.69, 9.17) is 0 Å². The number of hydrogen-bond donors (Lipinski definition) is 0. The van der Waals surface area contributed by atoms with Gasteiger partial charge in [0.25, 0.3) is 5.82 Å². The van der Waals surface area contributed by atoms with Crippen LogP contribution >= 0.6 is 0 Å². The number of benzene rings is 4. The second-order valence-corrected chi connectivity index (χ2v) is 10.5. The van der Waals surface area contributed by atoms with Gasteiger partial charge in [-0.15, -0.1) is 0 Å². The monoisotopic (exact) mass is 609 g/mol. The Labute approximate surface area is 254 Å². The minimum atomic E-state index is -0.0998. The minimum Gasteiger partial charge on any atom is -0.224 e. The van der Waals surface area contributed by atoms with Gasteiger partial charge in [0, 0.05) is 52.4 Å². The van der Waals surface area contributed by atoms with E-state index in [-0.39, 0.29) is 52.2 Å². The third kappa shape index (κ3) is 3.96. The third-order valence-electron chi connectivity index (χ3n) is 8.62. The molecule has 0 spiro atoms. The van der Waals surface area contributed by atoms with Crippen LogP contribution in [-0.2, 0) is 11.0 Å². The maximum Gasteiger partial charge on any atom is 0.293 e. The molecule has 0 N–H and O–H groups in total. The molecule has 1 radical (unpaired) electrons. The molecule has 181 valence electrons. The van der Waals surface area contributed by atoms with Crippen molar-refractivity contribution in [3.8, 4) is 39.3 Å². The van der Waals surface area contributed by atoms with Gasteiger partial charge >= 0.3 is 0 Å². The molecule has 3 heteroatoms. The number of rotatable bonds is 4. The summed E-state index contributed by atoms with van der Waals surface area (Å²) in [6.07, 6.45) is 5.60. The maximum absolute atomic E-state index is 3.45. The number of fused-ring (bicyclic) bond motifs is 3. The van der Waals surface area contributed by atoms with Crippen molar-refractivity contribution in [1.29, 1.82) is 0 Å². The van der Waals surface area contributed by atoms with E-state index in [1.54, 1.807) is 0 Å². The van der Waals surface area contributed by atoms with Crippen LogP contribution in [-0.4, -0.2) is 4.57 Å². The summed E-state index contributed by atoms with van der Waals surface area (Å²) in [4.78, 5) is 0. The molecule has 1 unspecified atom stereocenters. The van der Waals surface area contributed by atoms with Crippen molar-refractivity contribution in [1.82, 2.24) is 4.57 Å². The van der Waals surface area contributed by atoms with E-state index in [0.717, 1.165) is 6.42 Å². The van der Waals surface area contributed by atoms with Gasteiger partial charge < -0.3 is 0 Å². The molecule has 1 aliphatic heterocycles. The normalized spacial score (nSPS) is 17.4. The van der Waals surface area contributed by atoms with Crippen molar-refractivity contribution >= 4 is 0 Å². The molecular formula is C34H32N2Pr. The van der Waals surface area contributed by atoms with Crippen LogP contribution in [0.3, 0.4) is 0 Å². The predicted molar refractivity (Wildman–Crippen MR) is 148 cm³/mol. The van der Waals surface area contributed by atoms with Crippen LogP contribution in [0.2, 0.25) is 0 Å². The molecule has 0 aliphatic carbocycles. The standard InChI is InChI=1S/C34H32N2.Pr/c1-5-34(4)30-22-13-12-19-29(30)32-35(23-24-36(32)33(34,2)3)31-27(25-15-8-6-9-16-25)20-14-21-28(31)26-17-10-7-11-18-26;/h6-13,15-24H,5H2,1-4H3;. The van der Waals surface area contributed by atoms with E-state index in [9.17, 15) is 0 Å². The van der Waals surface area contributed by atoms with Gasteiger partial charge in [0.1, 0.15) is 17.9 Å². The largest absolute Gasteiger partial charge is 0.293 e. The molecule has 0 amide bonds. The molecule has 0 saturated heterocycles. The number of hydrogen-bond acceptors (Lipinski definition) is 0. The van der Waals surface area contributed by atoms with E-state index in [2.05, 4.69) is 152 Å². The zero-order valence-electron chi connectivity index (χ0n) is 22.1. The van der Waals surface area contributed by atoms with Crippen molar-refractivity contribution in [3.05, 3.63) is 121 Å². The quantitative estimate of drug-likeness (QED) is 0.144. The summed E-state index contributed by atoms with van der Waals surface area (Å²) in [5.41, 5.74) is 8.56. The van der Waals surface area contributed by atoms with Gasteiger partial charge in [-0.05, 0) is 31.9 Å². The zero-order chi connectivity index (χ0) is 24.9. The average molecular weight is 610 g/mol. The van der Waals surface area contributed by atoms with Gasteiger partial charge in [-0.1, -0.05) is 115 Å². The summed E-state index contributed by atoms with van der Waals surface area (Å²) < 4.78 is 4.91. The first-order valence-corrected chi connectivity index (χ1v) is 12.9. The van der Waals surface area contributed by atoms with E-state index in [1.165, 1.54) is 44.9 Å². The van der Waals surface area contributed by atoms with Crippen molar-refractivity contribution in [3.63, 3.8) is 0 Å². The fraction of sp³-hybridized carbons (Fsp3) is 0.206. The van der Waals surface area contributed by atoms with Gasteiger partial charge in [0.05, 0.1) is 5.56 Å².